The first-order chi connectivity index (χ1) is 8.81. The summed E-state index contributed by atoms with van der Waals surface area (Å²) >= 11 is 1.65. The fourth-order valence-electron chi connectivity index (χ4n) is 2.71. The normalized spacial score (nSPS) is 16.7. The average Bonchev–Trinajstić information content (AvgIpc) is 2.89. The zero-order valence-corrected chi connectivity index (χ0v) is 11.6. The third-order valence-electron chi connectivity index (χ3n) is 3.61. The van der Waals surface area contributed by atoms with Gasteiger partial charge in [-0.1, -0.05) is 25.3 Å². The van der Waals surface area contributed by atoms with Crippen LogP contribution >= 0.6 is 11.3 Å². The molecule has 1 saturated carbocycles. The van der Waals surface area contributed by atoms with Crippen LogP contribution in [0.25, 0.3) is 0 Å². The van der Waals surface area contributed by atoms with Crippen molar-refractivity contribution in [3.63, 3.8) is 0 Å². The zero-order chi connectivity index (χ0) is 12.8. The predicted molar refractivity (Wildman–Crippen MR) is 75.7 cm³/mol. The van der Waals surface area contributed by atoms with E-state index in [9.17, 15) is 4.79 Å². The summed E-state index contributed by atoms with van der Waals surface area (Å²) in [6, 6.07) is 4.46. The van der Waals surface area contributed by atoms with Gasteiger partial charge < -0.3 is 10.6 Å². The minimum atomic E-state index is 0.245. The number of carbonyl (C=O) groups is 1. The number of hydrogen-bond donors (Lipinski definition) is 1. The Morgan fingerprint density at radius 1 is 1.39 bits per heavy atom. The van der Waals surface area contributed by atoms with Gasteiger partial charge in [0.1, 0.15) is 0 Å². The molecule has 1 fully saturated rings. The molecule has 2 rings (SSSR count). The minimum absolute atomic E-state index is 0.245. The standard InChI is InChI=1S/C14H22N2OS/c15-8-9-16(12-5-2-1-3-6-12)14(17)11-13-7-4-10-18-13/h4,7,10,12H,1-3,5-6,8-9,11,15H2. The number of thiophene rings is 1. The van der Waals surface area contributed by atoms with E-state index in [1.165, 1.54) is 19.3 Å². The molecule has 0 unspecified atom stereocenters. The van der Waals surface area contributed by atoms with Gasteiger partial charge in [0, 0.05) is 24.0 Å². The van der Waals surface area contributed by atoms with Crippen LogP contribution < -0.4 is 5.73 Å². The molecule has 4 heteroatoms. The average molecular weight is 266 g/mol. The Hall–Kier alpha value is -0.870. The van der Waals surface area contributed by atoms with Gasteiger partial charge in [0.05, 0.1) is 6.42 Å². The summed E-state index contributed by atoms with van der Waals surface area (Å²) in [6.45, 7) is 1.27. The summed E-state index contributed by atoms with van der Waals surface area (Å²) in [4.78, 5) is 15.6. The van der Waals surface area contributed by atoms with Gasteiger partial charge >= 0.3 is 0 Å². The highest BCUT2D eigenvalue weighted by molar-refractivity contribution is 7.10. The minimum Gasteiger partial charge on any atom is -0.338 e. The van der Waals surface area contributed by atoms with E-state index < -0.39 is 0 Å². The van der Waals surface area contributed by atoms with Crippen LogP contribution in [0.2, 0.25) is 0 Å². The van der Waals surface area contributed by atoms with Crippen LogP contribution in [0.3, 0.4) is 0 Å². The van der Waals surface area contributed by atoms with Crippen LogP contribution in [-0.2, 0) is 11.2 Å². The highest BCUT2D eigenvalue weighted by atomic mass is 32.1. The lowest BCUT2D eigenvalue weighted by Crippen LogP contribution is -2.44. The Labute approximate surface area is 113 Å². The molecule has 0 spiro atoms. The first kappa shape index (κ1) is 13.6. The van der Waals surface area contributed by atoms with E-state index in [1.54, 1.807) is 11.3 Å². The fraction of sp³-hybridized carbons (Fsp3) is 0.643. The zero-order valence-electron chi connectivity index (χ0n) is 10.8. The van der Waals surface area contributed by atoms with Gasteiger partial charge in [-0.25, -0.2) is 0 Å². The fourth-order valence-corrected chi connectivity index (χ4v) is 3.40. The van der Waals surface area contributed by atoms with Crippen LogP contribution in [0, 0.1) is 0 Å². The molecule has 1 aliphatic carbocycles. The van der Waals surface area contributed by atoms with Crippen molar-refractivity contribution < 1.29 is 4.79 Å². The van der Waals surface area contributed by atoms with Crippen molar-refractivity contribution in [2.75, 3.05) is 13.1 Å². The lowest BCUT2D eigenvalue weighted by Gasteiger charge is -2.34. The quantitative estimate of drug-likeness (QED) is 0.889. The second-order valence-corrected chi connectivity index (χ2v) is 5.96. The number of amides is 1. The number of hydrogen-bond acceptors (Lipinski definition) is 3. The van der Waals surface area contributed by atoms with Crippen molar-refractivity contribution in [3.8, 4) is 0 Å². The molecule has 18 heavy (non-hydrogen) atoms. The lowest BCUT2D eigenvalue weighted by molar-refractivity contribution is -0.133. The summed E-state index contributed by atoms with van der Waals surface area (Å²) in [5, 5.41) is 2.02. The summed E-state index contributed by atoms with van der Waals surface area (Å²) in [5.74, 6) is 0.245. The largest absolute Gasteiger partial charge is 0.338 e. The van der Waals surface area contributed by atoms with Crippen molar-refractivity contribution in [1.82, 2.24) is 4.90 Å². The second kappa shape index (κ2) is 6.90. The van der Waals surface area contributed by atoms with Gasteiger partial charge in [-0.15, -0.1) is 11.3 Å². The maximum absolute atomic E-state index is 12.4. The third kappa shape index (κ3) is 3.56. The molecule has 1 amide bonds. The number of nitrogens with zero attached hydrogens (tertiary/aromatic N) is 1. The topological polar surface area (TPSA) is 46.3 Å². The molecule has 0 atom stereocenters. The van der Waals surface area contributed by atoms with E-state index in [2.05, 4.69) is 0 Å². The lowest BCUT2D eigenvalue weighted by atomic mass is 9.94. The Balaban J connectivity index is 1.97. The molecule has 0 aromatic carbocycles. The maximum Gasteiger partial charge on any atom is 0.228 e. The molecule has 0 radical (unpaired) electrons. The molecule has 1 aromatic heterocycles. The van der Waals surface area contributed by atoms with E-state index in [0.29, 0.717) is 25.6 Å². The Morgan fingerprint density at radius 3 is 2.78 bits per heavy atom. The molecular formula is C14H22N2OS. The van der Waals surface area contributed by atoms with Gasteiger partial charge in [0.25, 0.3) is 0 Å². The van der Waals surface area contributed by atoms with Crippen molar-refractivity contribution >= 4 is 17.2 Å². The van der Waals surface area contributed by atoms with Gasteiger partial charge in [0.15, 0.2) is 0 Å². The first-order valence-corrected chi connectivity index (χ1v) is 7.71. The molecular weight excluding hydrogens is 244 g/mol. The van der Waals surface area contributed by atoms with Gasteiger partial charge in [-0.2, -0.15) is 0 Å². The van der Waals surface area contributed by atoms with Crippen molar-refractivity contribution in [2.24, 2.45) is 5.73 Å². The Morgan fingerprint density at radius 2 is 2.17 bits per heavy atom. The van der Waals surface area contributed by atoms with E-state index in [1.807, 2.05) is 22.4 Å². The molecule has 1 aromatic rings. The summed E-state index contributed by atoms with van der Waals surface area (Å²) < 4.78 is 0. The smallest absolute Gasteiger partial charge is 0.228 e. The number of carbonyl (C=O) groups excluding carboxylic acids is 1. The summed E-state index contributed by atoms with van der Waals surface area (Å²) in [7, 11) is 0. The van der Waals surface area contributed by atoms with E-state index in [0.717, 1.165) is 17.7 Å². The van der Waals surface area contributed by atoms with Crippen molar-refractivity contribution in [1.29, 1.82) is 0 Å². The molecule has 1 heterocycles. The molecule has 2 N–H and O–H groups in total. The maximum atomic E-state index is 12.4. The van der Waals surface area contributed by atoms with E-state index in [4.69, 9.17) is 5.73 Å². The third-order valence-corrected chi connectivity index (χ3v) is 4.49. The SMILES string of the molecule is NCCN(C(=O)Cc1cccs1)C1CCCCC1. The molecule has 0 bridgehead atoms. The summed E-state index contributed by atoms with van der Waals surface area (Å²) in [6.07, 6.45) is 6.64. The summed E-state index contributed by atoms with van der Waals surface area (Å²) in [5.41, 5.74) is 5.66. The first-order valence-electron chi connectivity index (χ1n) is 6.83. The van der Waals surface area contributed by atoms with Gasteiger partial charge in [-0.3, -0.25) is 4.79 Å². The molecule has 1 aliphatic rings. The molecule has 0 saturated heterocycles. The van der Waals surface area contributed by atoms with E-state index >= 15 is 0 Å². The Bertz CT molecular complexity index is 358. The highest BCUT2D eigenvalue weighted by Gasteiger charge is 2.24. The van der Waals surface area contributed by atoms with Gasteiger partial charge in [0.2, 0.25) is 5.91 Å². The van der Waals surface area contributed by atoms with Crippen LogP contribution in [0.1, 0.15) is 37.0 Å². The molecule has 3 nitrogen and oxygen atoms in total. The van der Waals surface area contributed by atoms with Crippen LogP contribution in [0.5, 0.6) is 0 Å². The number of rotatable bonds is 5. The Kier molecular flexibility index (Phi) is 5.20. The predicted octanol–water partition coefficient (Wildman–Crippen LogP) is 2.41. The van der Waals surface area contributed by atoms with Crippen LogP contribution in [0.15, 0.2) is 17.5 Å². The van der Waals surface area contributed by atoms with Crippen LogP contribution in [0.4, 0.5) is 0 Å². The monoisotopic (exact) mass is 266 g/mol. The number of nitrogens with two attached hydrogens (primary N) is 1. The van der Waals surface area contributed by atoms with Gasteiger partial charge in [-0.05, 0) is 24.3 Å². The molecule has 100 valence electrons. The van der Waals surface area contributed by atoms with Crippen molar-refractivity contribution in [3.05, 3.63) is 22.4 Å². The highest BCUT2D eigenvalue weighted by Crippen LogP contribution is 2.23. The molecule has 0 aliphatic heterocycles. The van der Waals surface area contributed by atoms with Crippen molar-refractivity contribution in [2.45, 2.75) is 44.6 Å². The van der Waals surface area contributed by atoms with Crippen LogP contribution in [-0.4, -0.2) is 29.9 Å². The second-order valence-electron chi connectivity index (χ2n) is 4.92. The van der Waals surface area contributed by atoms with E-state index in [-0.39, 0.29) is 5.91 Å².